The summed E-state index contributed by atoms with van der Waals surface area (Å²) < 4.78 is 0. The van der Waals surface area contributed by atoms with Gasteiger partial charge < -0.3 is 0 Å². The van der Waals surface area contributed by atoms with Crippen LogP contribution < -0.4 is 0 Å². The van der Waals surface area contributed by atoms with E-state index in [-0.39, 0.29) is 0 Å². The van der Waals surface area contributed by atoms with Crippen LogP contribution in [-0.2, 0) is 0 Å². The van der Waals surface area contributed by atoms with Crippen molar-refractivity contribution in [3.8, 4) is 0 Å². The highest BCUT2D eigenvalue weighted by Crippen LogP contribution is 2.38. The Morgan fingerprint density at radius 3 is 1.69 bits per heavy atom. The van der Waals surface area contributed by atoms with E-state index < -0.39 is 0 Å². The van der Waals surface area contributed by atoms with E-state index in [2.05, 4.69) is 133 Å². The molecule has 0 atom stereocenters. The molecule has 0 saturated heterocycles. The van der Waals surface area contributed by atoms with Gasteiger partial charge in [0.15, 0.2) is 0 Å². The molecule has 6 rings (SSSR count). The normalized spacial score (nSPS) is 12.1. The van der Waals surface area contributed by atoms with Crippen LogP contribution in [0.25, 0.3) is 56.6 Å². The average molecular weight is 407 g/mol. The SMILES string of the molecule is C(=C\c1cc2ccc3cccc4ccc(c1/C=C/c1ccccc1)c2c34)/c1ccccc1. The summed E-state index contributed by atoms with van der Waals surface area (Å²) in [5.41, 5.74) is 4.89. The van der Waals surface area contributed by atoms with Gasteiger partial charge in [-0.15, -0.1) is 0 Å². The van der Waals surface area contributed by atoms with E-state index in [1.54, 1.807) is 0 Å². The molecule has 0 aliphatic carbocycles. The Bertz CT molecular complexity index is 1570. The predicted octanol–water partition coefficient (Wildman–Crippen LogP) is 8.92. The first kappa shape index (κ1) is 18.6. The third kappa shape index (κ3) is 3.27. The molecule has 0 spiro atoms. The van der Waals surface area contributed by atoms with Crippen LogP contribution >= 0.6 is 0 Å². The van der Waals surface area contributed by atoms with Crippen LogP contribution in [0.15, 0.2) is 109 Å². The van der Waals surface area contributed by atoms with Gasteiger partial charge in [-0.3, -0.25) is 0 Å². The molecule has 0 amide bonds. The van der Waals surface area contributed by atoms with Crippen molar-refractivity contribution in [1.29, 1.82) is 0 Å². The van der Waals surface area contributed by atoms with Crippen LogP contribution in [0.1, 0.15) is 22.3 Å². The maximum absolute atomic E-state index is 2.33. The van der Waals surface area contributed by atoms with E-state index in [9.17, 15) is 0 Å². The molecule has 0 unspecified atom stereocenters. The second-order valence-electron chi connectivity index (χ2n) is 8.22. The van der Waals surface area contributed by atoms with Gasteiger partial charge in [0.1, 0.15) is 0 Å². The minimum absolute atomic E-state index is 1.20. The molecular formula is C32H22. The number of hydrogen-bond acceptors (Lipinski definition) is 0. The first-order chi connectivity index (χ1) is 15.9. The maximum atomic E-state index is 2.33. The molecule has 0 N–H and O–H groups in total. The Hall–Kier alpha value is -4.16. The fraction of sp³-hybridized carbons (Fsp3) is 0. The van der Waals surface area contributed by atoms with Gasteiger partial charge in [0.25, 0.3) is 0 Å². The van der Waals surface area contributed by atoms with Crippen molar-refractivity contribution in [3.05, 3.63) is 131 Å². The smallest absolute Gasteiger partial charge is 0.00204 e. The first-order valence-electron chi connectivity index (χ1n) is 11.0. The molecule has 0 fully saturated rings. The van der Waals surface area contributed by atoms with Crippen LogP contribution in [-0.4, -0.2) is 0 Å². The van der Waals surface area contributed by atoms with Crippen LogP contribution in [0.3, 0.4) is 0 Å². The van der Waals surface area contributed by atoms with Crippen molar-refractivity contribution >= 4 is 56.6 Å². The minimum Gasteiger partial charge on any atom is -0.0622 e. The summed E-state index contributed by atoms with van der Waals surface area (Å²) in [5.74, 6) is 0. The molecule has 0 heterocycles. The molecule has 0 nitrogen and oxygen atoms in total. The second-order valence-corrected chi connectivity index (χ2v) is 8.22. The van der Waals surface area contributed by atoms with Crippen molar-refractivity contribution in [1.82, 2.24) is 0 Å². The Balaban J connectivity index is 1.62. The zero-order valence-electron chi connectivity index (χ0n) is 17.7. The summed E-state index contributed by atoms with van der Waals surface area (Å²) in [5, 5.41) is 7.89. The molecule has 0 saturated carbocycles. The fourth-order valence-corrected chi connectivity index (χ4v) is 4.67. The van der Waals surface area contributed by atoms with Gasteiger partial charge in [-0.1, -0.05) is 127 Å². The third-order valence-corrected chi connectivity index (χ3v) is 6.22. The van der Waals surface area contributed by atoms with Gasteiger partial charge in [-0.25, -0.2) is 0 Å². The lowest BCUT2D eigenvalue weighted by atomic mass is 9.89. The van der Waals surface area contributed by atoms with Crippen LogP contribution in [0, 0.1) is 0 Å². The summed E-state index contributed by atoms with van der Waals surface area (Å²) in [6.07, 6.45) is 8.93. The van der Waals surface area contributed by atoms with Gasteiger partial charge in [0, 0.05) is 0 Å². The Morgan fingerprint density at radius 2 is 1.00 bits per heavy atom. The maximum Gasteiger partial charge on any atom is -0.00204 e. The summed E-state index contributed by atoms with van der Waals surface area (Å²) in [7, 11) is 0. The molecule has 0 radical (unpaired) electrons. The van der Waals surface area contributed by atoms with E-state index in [1.165, 1.54) is 54.6 Å². The van der Waals surface area contributed by atoms with Gasteiger partial charge >= 0.3 is 0 Å². The lowest BCUT2D eigenvalue weighted by molar-refractivity contribution is 1.65. The highest BCUT2D eigenvalue weighted by molar-refractivity contribution is 6.25. The number of benzene rings is 6. The minimum atomic E-state index is 1.20. The highest BCUT2D eigenvalue weighted by Gasteiger charge is 2.12. The van der Waals surface area contributed by atoms with E-state index in [4.69, 9.17) is 0 Å². The lowest BCUT2D eigenvalue weighted by Gasteiger charge is -2.15. The number of hydrogen-bond donors (Lipinski definition) is 0. The molecule has 6 aromatic rings. The first-order valence-corrected chi connectivity index (χ1v) is 11.0. The molecular weight excluding hydrogens is 384 g/mol. The Morgan fingerprint density at radius 1 is 0.406 bits per heavy atom. The molecule has 150 valence electrons. The number of rotatable bonds is 4. The third-order valence-electron chi connectivity index (χ3n) is 6.22. The highest BCUT2D eigenvalue weighted by atomic mass is 14.2. The van der Waals surface area contributed by atoms with Gasteiger partial charge in [0.2, 0.25) is 0 Å². The molecule has 0 heteroatoms. The summed E-state index contributed by atoms with van der Waals surface area (Å²) >= 11 is 0. The molecule has 0 bridgehead atoms. The average Bonchev–Trinajstić information content (AvgIpc) is 2.86. The summed E-state index contributed by atoms with van der Waals surface area (Å²) in [6, 6.07) is 39.0. The largest absolute Gasteiger partial charge is 0.0622 e. The van der Waals surface area contributed by atoms with Gasteiger partial charge in [0.05, 0.1) is 0 Å². The summed E-state index contributed by atoms with van der Waals surface area (Å²) in [4.78, 5) is 0. The molecule has 0 aromatic heterocycles. The molecule has 32 heavy (non-hydrogen) atoms. The Kier molecular flexibility index (Phi) is 4.55. The fourth-order valence-electron chi connectivity index (χ4n) is 4.67. The van der Waals surface area contributed by atoms with Gasteiger partial charge in [-0.05, 0) is 60.6 Å². The standard InChI is InChI=1S/C32H22/c1-3-8-23(9-4-1)14-16-27-22-28-18-17-25-12-7-13-26-19-21-30(32(28)31(25)26)29(27)20-15-24-10-5-2-6-11-24/h1-22H/b16-14+,20-15+. The summed E-state index contributed by atoms with van der Waals surface area (Å²) in [6.45, 7) is 0. The van der Waals surface area contributed by atoms with E-state index in [0.717, 1.165) is 0 Å². The van der Waals surface area contributed by atoms with Crippen molar-refractivity contribution in [2.24, 2.45) is 0 Å². The zero-order chi connectivity index (χ0) is 21.3. The van der Waals surface area contributed by atoms with Crippen LogP contribution in [0.2, 0.25) is 0 Å². The van der Waals surface area contributed by atoms with Gasteiger partial charge in [-0.2, -0.15) is 0 Å². The Labute approximate surface area is 188 Å². The van der Waals surface area contributed by atoms with E-state index >= 15 is 0 Å². The van der Waals surface area contributed by atoms with Crippen molar-refractivity contribution < 1.29 is 0 Å². The zero-order valence-corrected chi connectivity index (χ0v) is 17.7. The van der Waals surface area contributed by atoms with Crippen LogP contribution in [0.5, 0.6) is 0 Å². The van der Waals surface area contributed by atoms with E-state index in [1.807, 2.05) is 0 Å². The lowest BCUT2D eigenvalue weighted by Crippen LogP contribution is -1.90. The molecule has 0 aliphatic rings. The molecule has 6 aromatic carbocycles. The van der Waals surface area contributed by atoms with Crippen molar-refractivity contribution in [2.45, 2.75) is 0 Å². The monoisotopic (exact) mass is 406 g/mol. The topological polar surface area (TPSA) is 0 Å². The second kappa shape index (κ2) is 7.83. The predicted molar refractivity (Wildman–Crippen MR) is 141 cm³/mol. The van der Waals surface area contributed by atoms with Crippen molar-refractivity contribution in [3.63, 3.8) is 0 Å². The van der Waals surface area contributed by atoms with Crippen LogP contribution in [0.4, 0.5) is 0 Å². The molecule has 0 aliphatic heterocycles. The quantitative estimate of drug-likeness (QED) is 0.202. The van der Waals surface area contributed by atoms with E-state index in [0.29, 0.717) is 0 Å². The van der Waals surface area contributed by atoms with Crippen molar-refractivity contribution in [2.75, 3.05) is 0 Å².